The Bertz CT molecular complexity index is 350. The Morgan fingerprint density at radius 1 is 1.14 bits per heavy atom. The third-order valence-corrected chi connectivity index (χ3v) is 2.86. The van der Waals surface area contributed by atoms with Gasteiger partial charge in [0.25, 0.3) is 0 Å². The molecule has 1 aliphatic carbocycles. The summed E-state index contributed by atoms with van der Waals surface area (Å²) in [6, 6.07) is 0. The minimum atomic E-state index is 0.194. The highest BCUT2D eigenvalue weighted by Crippen LogP contribution is 2.41. The van der Waals surface area contributed by atoms with E-state index in [2.05, 4.69) is 57.7 Å². The van der Waals surface area contributed by atoms with Crippen LogP contribution in [0.2, 0.25) is 0 Å². The lowest BCUT2D eigenvalue weighted by Gasteiger charge is -2.36. The van der Waals surface area contributed by atoms with E-state index in [0.717, 1.165) is 0 Å². The Labute approximate surface area is 86.8 Å². The molecule has 2 rings (SSSR count). The second-order valence-corrected chi connectivity index (χ2v) is 5.32. The van der Waals surface area contributed by atoms with E-state index in [0.29, 0.717) is 5.92 Å². The number of nitrogens with zero attached hydrogens (tertiary/aromatic N) is 1. The van der Waals surface area contributed by atoms with Gasteiger partial charge in [-0.1, -0.05) is 17.7 Å². The first-order valence-electron chi connectivity index (χ1n) is 5.28. The van der Waals surface area contributed by atoms with E-state index < -0.39 is 0 Å². The molecule has 0 aromatic rings. The van der Waals surface area contributed by atoms with Crippen LogP contribution < -0.4 is 0 Å². The van der Waals surface area contributed by atoms with Gasteiger partial charge in [0.05, 0.1) is 0 Å². The van der Waals surface area contributed by atoms with Gasteiger partial charge in [-0.05, 0) is 40.7 Å². The maximum atomic E-state index is 2.45. The first-order valence-corrected chi connectivity index (χ1v) is 5.28. The predicted octanol–water partition coefficient (Wildman–Crippen LogP) is 3.46. The van der Waals surface area contributed by atoms with E-state index in [9.17, 15) is 0 Å². The van der Waals surface area contributed by atoms with Crippen molar-refractivity contribution in [1.82, 2.24) is 4.90 Å². The van der Waals surface area contributed by atoms with Crippen LogP contribution >= 0.6 is 0 Å². The number of hydrogen-bond donors (Lipinski definition) is 0. The highest BCUT2D eigenvalue weighted by molar-refractivity contribution is 5.43. The molecule has 0 bridgehead atoms. The number of rotatable bonds is 0. The van der Waals surface area contributed by atoms with E-state index in [4.69, 9.17) is 0 Å². The summed E-state index contributed by atoms with van der Waals surface area (Å²) in [7, 11) is 0. The first-order chi connectivity index (χ1) is 6.39. The molecule has 0 radical (unpaired) electrons. The van der Waals surface area contributed by atoms with Gasteiger partial charge in [-0.15, -0.1) is 0 Å². The summed E-state index contributed by atoms with van der Waals surface area (Å²) < 4.78 is 0. The fraction of sp³-hybridized carbons (Fsp3) is 0.538. The molecule has 0 saturated carbocycles. The monoisotopic (exact) mass is 189 g/mol. The van der Waals surface area contributed by atoms with Crippen LogP contribution in [0.1, 0.15) is 34.6 Å². The molecule has 0 amide bonds. The smallest absolute Gasteiger partial charge is 0.0378 e. The zero-order valence-electron chi connectivity index (χ0n) is 9.76. The van der Waals surface area contributed by atoms with Gasteiger partial charge in [0.1, 0.15) is 0 Å². The van der Waals surface area contributed by atoms with Crippen LogP contribution in [0.4, 0.5) is 0 Å². The predicted molar refractivity (Wildman–Crippen MR) is 60.7 cm³/mol. The van der Waals surface area contributed by atoms with Crippen molar-refractivity contribution in [2.45, 2.75) is 40.2 Å². The zero-order valence-corrected chi connectivity index (χ0v) is 9.76. The Kier molecular flexibility index (Phi) is 1.88. The van der Waals surface area contributed by atoms with Crippen molar-refractivity contribution < 1.29 is 0 Å². The lowest BCUT2D eigenvalue weighted by Crippen LogP contribution is -2.37. The van der Waals surface area contributed by atoms with Gasteiger partial charge in [-0.2, -0.15) is 0 Å². The van der Waals surface area contributed by atoms with Gasteiger partial charge >= 0.3 is 0 Å². The Balaban J connectivity index is 2.39. The second kappa shape index (κ2) is 2.75. The molecule has 0 aromatic carbocycles. The topological polar surface area (TPSA) is 3.24 Å². The summed E-state index contributed by atoms with van der Waals surface area (Å²) in [4.78, 5) is 2.45. The van der Waals surface area contributed by atoms with Crippen molar-refractivity contribution in [3.63, 3.8) is 0 Å². The fourth-order valence-corrected chi connectivity index (χ4v) is 2.55. The fourth-order valence-electron chi connectivity index (χ4n) is 2.55. The lowest BCUT2D eigenvalue weighted by atomic mass is 10.0. The van der Waals surface area contributed by atoms with E-state index in [1.807, 2.05) is 0 Å². The Morgan fingerprint density at radius 2 is 1.79 bits per heavy atom. The lowest BCUT2D eigenvalue weighted by molar-refractivity contribution is 0.242. The zero-order chi connectivity index (χ0) is 10.5. The van der Waals surface area contributed by atoms with Gasteiger partial charge in [-0.25, -0.2) is 0 Å². The standard InChI is InChI=1S/C13H19N/c1-9-6-11-8-10(2)14(12(11)7-9)13(3,4)5/h6-8,11H,1-5H3. The molecule has 0 aromatic heterocycles. The van der Waals surface area contributed by atoms with Crippen LogP contribution in [-0.4, -0.2) is 10.4 Å². The third kappa shape index (κ3) is 1.31. The van der Waals surface area contributed by atoms with Crippen molar-refractivity contribution in [2.24, 2.45) is 5.92 Å². The summed E-state index contributed by atoms with van der Waals surface area (Å²) in [5.74, 6) is 0.536. The van der Waals surface area contributed by atoms with Gasteiger partial charge in [0, 0.05) is 22.9 Å². The molecule has 1 nitrogen and oxygen atoms in total. The molecule has 2 aliphatic rings. The van der Waals surface area contributed by atoms with Crippen molar-refractivity contribution >= 4 is 0 Å². The third-order valence-electron chi connectivity index (χ3n) is 2.86. The molecule has 76 valence electrons. The van der Waals surface area contributed by atoms with Crippen molar-refractivity contribution in [3.05, 3.63) is 35.2 Å². The molecule has 1 heteroatoms. The highest BCUT2D eigenvalue weighted by Gasteiger charge is 2.34. The average Bonchev–Trinajstić information content (AvgIpc) is 2.38. The largest absolute Gasteiger partial charge is 0.343 e. The van der Waals surface area contributed by atoms with Crippen LogP contribution in [0, 0.1) is 5.92 Å². The van der Waals surface area contributed by atoms with Crippen LogP contribution in [0.15, 0.2) is 35.2 Å². The summed E-state index contributed by atoms with van der Waals surface area (Å²) in [6.07, 6.45) is 7.00. The molecule has 0 fully saturated rings. The number of fused-ring (bicyclic) bond motifs is 1. The van der Waals surface area contributed by atoms with Gasteiger partial charge in [0.2, 0.25) is 0 Å². The van der Waals surface area contributed by atoms with Gasteiger partial charge < -0.3 is 4.90 Å². The van der Waals surface area contributed by atoms with Crippen molar-refractivity contribution in [1.29, 1.82) is 0 Å². The molecule has 14 heavy (non-hydrogen) atoms. The first kappa shape index (κ1) is 9.57. The quantitative estimate of drug-likeness (QED) is 0.564. The maximum Gasteiger partial charge on any atom is 0.0378 e. The average molecular weight is 189 g/mol. The van der Waals surface area contributed by atoms with E-state index >= 15 is 0 Å². The summed E-state index contributed by atoms with van der Waals surface area (Å²) in [5, 5.41) is 0. The summed E-state index contributed by atoms with van der Waals surface area (Å²) in [5.41, 5.74) is 4.42. The molecule has 0 spiro atoms. The highest BCUT2D eigenvalue weighted by atomic mass is 15.2. The molecule has 1 atom stereocenters. The van der Waals surface area contributed by atoms with Crippen LogP contribution in [0.5, 0.6) is 0 Å². The molecule has 1 unspecified atom stereocenters. The van der Waals surface area contributed by atoms with Gasteiger partial charge in [-0.3, -0.25) is 0 Å². The van der Waals surface area contributed by atoms with E-state index in [1.54, 1.807) is 0 Å². The summed E-state index contributed by atoms with van der Waals surface area (Å²) in [6.45, 7) is 11.2. The van der Waals surface area contributed by atoms with Crippen molar-refractivity contribution in [3.8, 4) is 0 Å². The minimum Gasteiger partial charge on any atom is -0.343 e. The molecular formula is C13H19N. The summed E-state index contributed by atoms with van der Waals surface area (Å²) >= 11 is 0. The number of hydrogen-bond acceptors (Lipinski definition) is 1. The minimum absolute atomic E-state index is 0.194. The van der Waals surface area contributed by atoms with Crippen molar-refractivity contribution in [2.75, 3.05) is 0 Å². The van der Waals surface area contributed by atoms with E-state index in [1.165, 1.54) is 17.0 Å². The van der Waals surface area contributed by atoms with Gasteiger partial charge in [0.15, 0.2) is 0 Å². The van der Waals surface area contributed by atoms with E-state index in [-0.39, 0.29) is 5.54 Å². The van der Waals surface area contributed by atoms with Crippen LogP contribution in [0.3, 0.4) is 0 Å². The Morgan fingerprint density at radius 3 is 2.36 bits per heavy atom. The normalized spacial score (nSPS) is 25.9. The molecule has 1 heterocycles. The molecule has 0 N–H and O–H groups in total. The number of allylic oxidation sites excluding steroid dienone is 4. The molecule has 0 saturated heterocycles. The SMILES string of the molecule is CC1=CC2C=C(C)N(C(C)(C)C)C2=C1. The maximum absolute atomic E-state index is 2.45. The van der Waals surface area contributed by atoms with Crippen LogP contribution in [0.25, 0.3) is 0 Å². The molecular weight excluding hydrogens is 170 g/mol. The molecule has 1 aliphatic heterocycles. The van der Waals surface area contributed by atoms with Crippen LogP contribution in [-0.2, 0) is 0 Å². The Hall–Kier alpha value is -0.980. The second-order valence-electron chi connectivity index (χ2n) is 5.32.